The lowest BCUT2D eigenvalue weighted by Gasteiger charge is -2.20. The van der Waals surface area contributed by atoms with Crippen LogP contribution in [-0.4, -0.2) is 28.3 Å². The number of allylic oxidation sites excluding steroid dienone is 2. The molecule has 2 aliphatic carbocycles. The van der Waals surface area contributed by atoms with Crippen molar-refractivity contribution < 1.29 is 16.8 Å². The summed E-state index contributed by atoms with van der Waals surface area (Å²) in [5, 5.41) is 0. The fraction of sp³-hybridized carbons (Fsp3) is 0.0968. The van der Waals surface area contributed by atoms with E-state index in [9.17, 15) is 16.8 Å². The largest absolute Gasteiger partial charge is 0.282 e. The third-order valence-corrected chi connectivity index (χ3v) is 9.94. The van der Waals surface area contributed by atoms with Gasteiger partial charge in [0.05, 0.1) is 21.2 Å². The molecule has 0 bridgehead atoms. The van der Waals surface area contributed by atoms with Crippen LogP contribution in [-0.2, 0) is 25.5 Å². The van der Waals surface area contributed by atoms with Crippen molar-refractivity contribution in [2.24, 2.45) is 20.6 Å². The molecule has 0 heterocycles. The Morgan fingerprint density at radius 3 is 1.10 bits per heavy atom. The van der Waals surface area contributed by atoms with Gasteiger partial charge in [0.1, 0.15) is 0 Å². The van der Waals surface area contributed by atoms with Gasteiger partial charge < -0.3 is 0 Å². The zero-order chi connectivity index (χ0) is 27.1. The van der Waals surface area contributed by atoms with Crippen molar-refractivity contribution in [3.8, 4) is 0 Å². The Bertz CT molecular complexity index is 1680. The summed E-state index contributed by atoms with van der Waals surface area (Å²) in [7, 11) is -8.00. The van der Waals surface area contributed by atoms with Gasteiger partial charge in [-0.15, -0.1) is 0 Å². The van der Waals surface area contributed by atoms with E-state index in [0.29, 0.717) is 11.4 Å². The molecule has 1 saturated carbocycles. The van der Waals surface area contributed by atoms with Gasteiger partial charge in [0.25, 0.3) is 20.0 Å². The SMILES string of the molecule is O=S(=O)(N=C1C=CC(=NS(=O)(=O)c2ccccc2)C2C1C2(c1ccccc1)c1ccccc1)c1ccccc1. The number of sulfonamides is 2. The van der Waals surface area contributed by atoms with Gasteiger partial charge in [0.2, 0.25) is 0 Å². The number of nitrogens with zero attached hydrogens (tertiary/aromatic N) is 2. The molecule has 6 nitrogen and oxygen atoms in total. The quantitative estimate of drug-likeness (QED) is 0.318. The summed E-state index contributed by atoms with van der Waals surface area (Å²) in [6.07, 6.45) is 3.18. The molecule has 0 spiro atoms. The number of hydrogen-bond donors (Lipinski definition) is 0. The first kappa shape index (κ1) is 25.2. The number of hydrogen-bond acceptors (Lipinski definition) is 4. The lowest BCUT2D eigenvalue weighted by atomic mass is 9.83. The summed E-state index contributed by atoms with van der Waals surface area (Å²) in [6, 6.07) is 35.6. The van der Waals surface area contributed by atoms with Gasteiger partial charge in [-0.05, 0) is 47.5 Å². The Balaban J connectivity index is 1.57. The van der Waals surface area contributed by atoms with Crippen LogP contribution in [0.1, 0.15) is 11.1 Å². The van der Waals surface area contributed by atoms with E-state index in [0.717, 1.165) is 11.1 Å². The number of benzene rings is 4. The topological polar surface area (TPSA) is 93.0 Å². The van der Waals surface area contributed by atoms with Crippen LogP contribution < -0.4 is 0 Å². The molecule has 2 atom stereocenters. The van der Waals surface area contributed by atoms with Crippen LogP contribution in [0.2, 0.25) is 0 Å². The van der Waals surface area contributed by atoms with Crippen molar-refractivity contribution in [1.82, 2.24) is 0 Å². The predicted molar refractivity (Wildman–Crippen MR) is 152 cm³/mol. The van der Waals surface area contributed by atoms with Crippen molar-refractivity contribution in [1.29, 1.82) is 0 Å². The van der Waals surface area contributed by atoms with E-state index in [4.69, 9.17) is 0 Å². The van der Waals surface area contributed by atoms with Gasteiger partial charge in [0.15, 0.2) is 0 Å². The van der Waals surface area contributed by atoms with Gasteiger partial charge in [-0.2, -0.15) is 25.6 Å². The summed E-state index contributed by atoms with van der Waals surface area (Å²) in [4.78, 5) is 0.193. The highest BCUT2D eigenvalue weighted by atomic mass is 32.2. The first-order chi connectivity index (χ1) is 18.8. The van der Waals surface area contributed by atoms with Gasteiger partial charge in [0, 0.05) is 17.3 Å². The molecular formula is C31H24N2O4S2. The van der Waals surface area contributed by atoms with Crippen molar-refractivity contribution >= 4 is 31.5 Å². The average Bonchev–Trinajstić information content (AvgIpc) is 3.68. The van der Waals surface area contributed by atoms with Crippen LogP contribution in [0.4, 0.5) is 0 Å². The normalized spacial score (nSPS) is 21.9. The minimum Gasteiger partial charge on any atom is -0.199 e. The molecule has 39 heavy (non-hydrogen) atoms. The van der Waals surface area contributed by atoms with Crippen LogP contribution in [0, 0.1) is 11.8 Å². The molecule has 4 aromatic carbocycles. The molecule has 2 unspecified atom stereocenters. The zero-order valence-electron chi connectivity index (χ0n) is 20.7. The maximum atomic E-state index is 13.3. The Morgan fingerprint density at radius 1 is 0.462 bits per heavy atom. The second-order valence-corrected chi connectivity index (χ2v) is 12.7. The Kier molecular flexibility index (Phi) is 6.16. The number of fused-ring (bicyclic) bond motifs is 1. The fourth-order valence-electron chi connectivity index (χ4n) is 5.63. The fourth-order valence-corrected chi connectivity index (χ4v) is 7.75. The third-order valence-electron chi connectivity index (χ3n) is 7.30. The molecule has 4 aromatic rings. The van der Waals surface area contributed by atoms with E-state index < -0.39 is 37.3 Å². The van der Waals surface area contributed by atoms with Crippen molar-refractivity contribution in [2.45, 2.75) is 15.2 Å². The van der Waals surface area contributed by atoms with Crippen molar-refractivity contribution in [2.75, 3.05) is 0 Å². The van der Waals surface area contributed by atoms with Gasteiger partial charge in [-0.25, -0.2) is 0 Å². The van der Waals surface area contributed by atoms with E-state index in [-0.39, 0.29) is 9.79 Å². The van der Waals surface area contributed by atoms with Gasteiger partial charge in [-0.1, -0.05) is 97.1 Å². The number of rotatable bonds is 6. The van der Waals surface area contributed by atoms with E-state index in [1.165, 1.54) is 24.3 Å². The minimum absolute atomic E-state index is 0.0965. The zero-order valence-corrected chi connectivity index (χ0v) is 22.3. The lowest BCUT2D eigenvalue weighted by molar-refractivity contribution is 0.596. The molecule has 0 N–H and O–H groups in total. The van der Waals surface area contributed by atoms with Crippen LogP contribution in [0.3, 0.4) is 0 Å². The van der Waals surface area contributed by atoms with Gasteiger partial charge >= 0.3 is 0 Å². The summed E-state index contributed by atoms with van der Waals surface area (Å²) in [5.41, 5.74) is 1.86. The molecule has 194 valence electrons. The Labute approximate surface area is 228 Å². The maximum absolute atomic E-state index is 13.3. The van der Waals surface area contributed by atoms with E-state index in [2.05, 4.69) is 8.80 Å². The molecule has 0 aliphatic heterocycles. The summed E-state index contributed by atoms with van der Waals surface area (Å²) >= 11 is 0. The molecule has 1 fully saturated rings. The second kappa shape index (κ2) is 9.55. The van der Waals surface area contributed by atoms with Crippen molar-refractivity contribution in [3.05, 3.63) is 145 Å². The molecule has 2 aliphatic rings. The van der Waals surface area contributed by atoms with E-state index in [1.54, 1.807) is 48.6 Å². The minimum atomic E-state index is -4.00. The van der Waals surface area contributed by atoms with Crippen LogP contribution in [0.5, 0.6) is 0 Å². The first-order valence-electron chi connectivity index (χ1n) is 12.4. The third kappa shape index (κ3) is 4.35. The summed E-state index contributed by atoms with van der Waals surface area (Å²) in [6.45, 7) is 0. The standard InChI is InChI=1S/C31H24N2O4S2/c34-38(35,25-17-9-3-10-18-25)32-27-21-22-28(33-39(36,37)26-19-11-4-12-20-26)30-29(27)31(30,23-13-5-1-6-14-23)24-15-7-2-8-16-24/h1-22,29-30H. The van der Waals surface area contributed by atoms with E-state index >= 15 is 0 Å². The molecule has 0 radical (unpaired) electrons. The predicted octanol–water partition coefficient (Wildman–Crippen LogP) is 5.45. The molecule has 8 heteroatoms. The smallest absolute Gasteiger partial charge is 0.199 e. The second-order valence-electron chi connectivity index (χ2n) is 9.50. The van der Waals surface area contributed by atoms with Crippen LogP contribution in [0.15, 0.2) is 152 Å². The molecule has 0 aromatic heterocycles. The maximum Gasteiger partial charge on any atom is 0.282 e. The van der Waals surface area contributed by atoms with Gasteiger partial charge in [-0.3, -0.25) is 0 Å². The monoisotopic (exact) mass is 552 g/mol. The molecular weight excluding hydrogens is 528 g/mol. The summed E-state index contributed by atoms with van der Waals surface area (Å²) < 4.78 is 61.8. The molecule has 6 rings (SSSR count). The Morgan fingerprint density at radius 2 is 0.769 bits per heavy atom. The summed E-state index contributed by atoms with van der Waals surface area (Å²) in [5.74, 6) is -0.869. The molecule has 0 saturated heterocycles. The lowest BCUT2D eigenvalue weighted by Crippen LogP contribution is -2.17. The Hall–Kier alpha value is -4.14. The van der Waals surface area contributed by atoms with E-state index in [1.807, 2.05) is 60.7 Å². The highest BCUT2D eigenvalue weighted by Gasteiger charge is 2.70. The first-order valence-corrected chi connectivity index (χ1v) is 15.3. The average molecular weight is 553 g/mol. The highest BCUT2D eigenvalue weighted by molar-refractivity contribution is 7.90. The van der Waals surface area contributed by atoms with Crippen LogP contribution >= 0.6 is 0 Å². The highest BCUT2D eigenvalue weighted by Crippen LogP contribution is 2.66. The van der Waals surface area contributed by atoms with Crippen molar-refractivity contribution in [3.63, 3.8) is 0 Å². The molecule has 0 amide bonds. The van der Waals surface area contributed by atoms with Crippen LogP contribution in [0.25, 0.3) is 0 Å².